The molecule has 2 aliphatic heterocycles. The van der Waals surface area contributed by atoms with Gasteiger partial charge in [-0.3, -0.25) is 0 Å². The van der Waals surface area contributed by atoms with Crippen molar-refractivity contribution < 1.29 is 4.79 Å². The number of carbonyl (C=O) groups is 1. The quantitative estimate of drug-likeness (QED) is 0.501. The van der Waals surface area contributed by atoms with E-state index in [9.17, 15) is 4.79 Å². The SMILES string of the molecule is CN1CC(C=O)C2(C1)CN(C)C2. The summed E-state index contributed by atoms with van der Waals surface area (Å²) in [4.78, 5) is 15.4. The Kier molecular flexibility index (Phi) is 1.73. The minimum atomic E-state index is 0.277. The van der Waals surface area contributed by atoms with Gasteiger partial charge in [0.25, 0.3) is 0 Å². The second-order valence-electron chi connectivity index (χ2n) is 4.47. The molecule has 2 saturated heterocycles. The third kappa shape index (κ3) is 1.00. The Labute approximate surface area is 73.3 Å². The van der Waals surface area contributed by atoms with Gasteiger partial charge in [-0.15, -0.1) is 0 Å². The largest absolute Gasteiger partial charge is 0.305 e. The van der Waals surface area contributed by atoms with Crippen LogP contribution in [0, 0.1) is 11.3 Å². The van der Waals surface area contributed by atoms with Crippen LogP contribution in [-0.2, 0) is 4.79 Å². The number of hydrogen-bond donors (Lipinski definition) is 0. The summed E-state index contributed by atoms with van der Waals surface area (Å²) in [5, 5.41) is 0. The molecule has 3 heteroatoms. The van der Waals surface area contributed by atoms with Crippen LogP contribution in [0.2, 0.25) is 0 Å². The number of likely N-dealkylation sites (tertiary alicyclic amines) is 2. The molecule has 0 aromatic rings. The molecule has 0 aromatic carbocycles. The molecular weight excluding hydrogens is 152 g/mol. The van der Waals surface area contributed by atoms with E-state index in [0.717, 1.165) is 32.5 Å². The second-order valence-corrected chi connectivity index (χ2v) is 4.47. The monoisotopic (exact) mass is 168 g/mol. The molecule has 0 aromatic heterocycles. The lowest BCUT2D eigenvalue weighted by atomic mass is 9.72. The lowest BCUT2D eigenvalue weighted by Gasteiger charge is -2.48. The van der Waals surface area contributed by atoms with E-state index >= 15 is 0 Å². The highest BCUT2D eigenvalue weighted by Gasteiger charge is 2.51. The molecule has 0 saturated carbocycles. The van der Waals surface area contributed by atoms with Gasteiger partial charge in [0.2, 0.25) is 0 Å². The van der Waals surface area contributed by atoms with E-state index in [-0.39, 0.29) is 5.92 Å². The van der Waals surface area contributed by atoms with Gasteiger partial charge in [0, 0.05) is 37.5 Å². The van der Waals surface area contributed by atoms with Crippen LogP contribution in [0.1, 0.15) is 0 Å². The number of carbonyl (C=O) groups excluding carboxylic acids is 1. The van der Waals surface area contributed by atoms with E-state index in [1.807, 2.05) is 0 Å². The van der Waals surface area contributed by atoms with Crippen LogP contribution < -0.4 is 0 Å². The van der Waals surface area contributed by atoms with Crippen molar-refractivity contribution in [3.05, 3.63) is 0 Å². The molecule has 0 bridgehead atoms. The van der Waals surface area contributed by atoms with Gasteiger partial charge in [0.15, 0.2) is 0 Å². The van der Waals surface area contributed by atoms with Crippen molar-refractivity contribution in [3.63, 3.8) is 0 Å². The molecule has 12 heavy (non-hydrogen) atoms. The number of hydrogen-bond acceptors (Lipinski definition) is 3. The predicted molar refractivity (Wildman–Crippen MR) is 47.0 cm³/mol. The van der Waals surface area contributed by atoms with Crippen LogP contribution >= 0.6 is 0 Å². The zero-order valence-corrected chi connectivity index (χ0v) is 7.79. The number of rotatable bonds is 1. The van der Waals surface area contributed by atoms with Gasteiger partial charge in [-0.05, 0) is 14.1 Å². The first-order chi connectivity index (χ1) is 5.66. The van der Waals surface area contributed by atoms with Gasteiger partial charge in [-0.1, -0.05) is 0 Å². The topological polar surface area (TPSA) is 23.6 Å². The molecule has 68 valence electrons. The van der Waals surface area contributed by atoms with Crippen molar-refractivity contribution in [2.24, 2.45) is 11.3 Å². The van der Waals surface area contributed by atoms with Crippen LogP contribution in [0.5, 0.6) is 0 Å². The van der Waals surface area contributed by atoms with Crippen LogP contribution in [0.15, 0.2) is 0 Å². The third-order valence-corrected chi connectivity index (χ3v) is 3.21. The van der Waals surface area contributed by atoms with Gasteiger partial charge < -0.3 is 14.6 Å². The average Bonchev–Trinajstić information content (AvgIpc) is 2.26. The molecule has 2 aliphatic rings. The first kappa shape index (κ1) is 8.20. The molecule has 2 fully saturated rings. The van der Waals surface area contributed by atoms with Crippen LogP contribution in [-0.4, -0.2) is 56.4 Å². The Morgan fingerprint density at radius 3 is 2.33 bits per heavy atom. The maximum Gasteiger partial charge on any atom is 0.125 e. The lowest BCUT2D eigenvalue weighted by Crippen LogP contribution is -2.58. The van der Waals surface area contributed by atoms with Crippen molar-refractivity contribution in [1.29, 1.82) is 0 Å². The summed E-state index contributed by atoms with van der Waals surface area (Å²) in [6.45, 7) is 4.25. The molecule has 0 aliphatic carbocycles. The van der Waals surface area contributed by atoms with Gasteiger partial charge in [0.05, 0.1) is 0 Å². The van der Waals surface area contributed by atoms with Crippen LogP contribution in [0.3, 0.4) is 0 Å². The Hall–Kier alpha value is -0.410. The minimum absolute atomic E-state index is 0.277. The normalized spacial score (nSPS) is 35.3. The molecule has 1 atom stereocenters. The second kappa shape index (κ2) is 2.54. The summed E-state index contributed by atoms with van der Waals surface area (Å²) in [7, 11) is 4.22. The summed E-state index contributed by atoms with van der Waals surface area (Å²) < 4.78 is 0. The Bertz CT molecular complexity index is 199. The van der Waals surface area contributed by atoms with Gasteiger partial charge in [0.1, 0.15) is 6.29 Å². The van der Waals surface area contributed by atoms with Crippen molar-refractivity contribution >= 4 is 6.29 Å². The van der Waals surface area contributed by atoms with Crippen molar-refractivity contribution in [2.45, 2.75) is 0 Å². The summed E-state index contributed by atoms with van der Waals surface area (Å²) in [6, 6.07) is 0. The summed E-state index contributed by atoms with van der Waals surface area (Å²) in [6.07, 6.45) is 1.15. The van der Waals surface area contributed by atoms with Gasteiger partial charge in [-0.25, -0.2) is 0 Å². The van der Waals surface area contributed by atoms with Crippen LogP contribution in [0.25, 0.3) is 0 Å². The summed E-state index contributed by atoms with van der Waals surface area (Å²) >= 11 is 0. The third-order valence-electron chi connectivity index (χ3n) is 3.21. The number of aldehydes is 1. The molecule has 1 spiro atoms. The van der Waals surface area contributed by atoms with Crippen LogP contribution in [0.4, 0.5) is 0 Å². The summed E-state index contributed by atoms with van der Waals surface area (Å²) in [5.74, 6) is 0.277. The highest BCUT2D eigenvalue weighted by molar-refractivity contribution is 5.57. The lowest BCUT2D eigenvalue weighted by molar-refractivity contribution is -0.117. The predicted octanol–water partition coefficient (Wildman–Crippen LogP) is -0.321. The highest BCUT2D eigenvalue weighted by Crippen LogP contribution is 2.41. The Balaban J connectivity index is 2.09. The average molecular weight is 168 g/mol. The Morgan fingerprint density at radius 2 is 1.83 bits per heavy atom. The molecular formula is C9H16N2O. The van der Waals surface area contributed by atoms with E-state index in [2.05, 4.69) is 23.9 Å². The fourth-order valence-corrected chi connectivity index (χ4v) is 2.80. The molecule has 2 rings (SSSR count). The zero-order valence-electron chi connectivity index (χ0n) is 7.79. The standard InChI is InChI=1S/C9H16N2O/c1-10-3-8(4-12)9(5-10)6-11(2)7-9/h4,8H,3,5-7H2,1-2H3. The zero-order chi connectivity index (χ0) is 8.77. The van der Waals surface area contributed by atoms with Crippen molar-refractivity contribution in [1.82, 2.24) is 9.80 Å². The van der Waals surface area contributed by atoms with E-state index in [1.54, 1.807) is 0 Å². The molecule has 2 heterocycles. The maximum atomic E-state index is 10.8. The minimum Gasteiger partial charge on any atom is -0.305 e. The van der Waals surface area contributed by atoms with Crippen molar-refractivity contribution in [2.75, 3.05) is 40.3 Å². The summed E-state index contributed by atoms with van der Waals surface area (Å²) in [5.41, 5.74) is 0.311. The first-order valence-electron chi connectivity index (χ1n) is 4.49. The number of nitrogens with zero attached hydrogens (tertiary/aromatic N) is 2. The molecule has 0 amide bonds. The molecule has 1 unspecified atom stereocenters. The molecule has 0 radical (unpaired) electrons. The highest BCUT2D eigenvalue weighted by atomic mass is 16.1. The fourth-order valence-electron chi connectivity index (χ4n) is 2.80. The molecule has 0 N–H and O–H groups in total. The fraction of sp³-hybridized carbons (Fsp3) is 0.889. The maximum absolute atomic E-state index is 10.8. The first-order valence-corrected chi connectivity index (χ1v) is 4.49. The van der Waals surface area contributed by atoms with E-state index in [0.29, 0.717) is 5.41 Å². The molecule has 3 nitrogen and oxygen atoms in total. The van der Waals surface area contributed by atoms with Gasteiger partial charge >= 0.3 is 0 Å². The van der Waals surface area contributed by atoms with E-state index in [4.69, 9.17) is 0 Å². The van der Waals surface area contributed by atoms with E-state index < -0.39 is 0 Å². The van der Waals surface area contributed by atoms with Gasteiger partial charge in [-0.2, -0.15) is 0 Å². The van der Waals surface area contributed by atoms with Crippen molar-refractivity contribution in [3.8, 4) is 0 Å². The smallest absolute Gasteiger partial charge is 0.125 e. The van der Waals surface area contributed by atoms with E-state index in [1.165, 1.54) is 0 Å². The Morgan fingerprint density at radius 1 is 1.25 bits per heavy atom.